The summed E-state index contributed by atoms with van der Waals surface area (Å²) in [5, 5.41) is 0. The van der Waals surface area contributed by atoms with Crippen LogP contribution < -0.4 is 0 Å². The largest absolute Gasteiger partial charge is 0.258 e. The Balaban J connectivity index is 2.18. The van der Waals surface area contributed by atoms with E-state index in [0.717, 1.165) is 25.7 Å². The SMILES string of the molecule is C=CC1CCC(C(C)c2ccc(N=CC)c(F)c2F)CC1. The minimum atomic E-state index is -0.836. The third kappa shape index (κ3) is 3.39. The Morgan fingerprint density at radius 3 is 2.43 bits per heavy atom. The fourth-order valence-corrected chi connectivity index (χ4v) is 3.28. The van der Waals surface area contributed by atoms with E-state index in [9.17, 15) is 8.78 Å². The molecule has 0 bridgehead atoms. The van der Waals surface area contributed by atoms with Gasteiger partial charge in [-0.05, 0) is 62.0 Å². The van der Waals surface area contributed by atoms with E-state index in [2.05, 4.69) is 11.6 Å². The molecule has 1 aliphatic rings. The molecule has 0 amide bonds. The van der Waals surface area contributed by atoms with Crippen molar-refractivity contribution in [1.82, 2.24) is 0 Å². The molecule has 1 fully saturated rings. The van der Waals surface area contributed by atoms with Crippen molar-refractivity contribution < 1.29 is 8.78 Å². The van der Waals surface area contributed by atoms with Crippen molar-refractivity contribution in [2.75, 3.05) is 0 Å². The van der Waals surface area contributed by atoms with E-state index in [1.165, 1.54) is 6.21 Å². The number of allylic oxidation sites excluding steroid dienone is 1. The smallest absolute Gasteiger partial charge is 0.184 e. The second kappa shape index (κ2) is 6.97. The fourth-order valence-electron chi connectivity index (χ4n) is 3.28. The Kier molecular flexibility index (Phi) is 5.27. The summed E-state index contributed by atoms with van der Waals surface area (Å²) in [6.45, 7) is 7.53. The number of nitrogens with zero attached hydrogens (tertiary/aromatic N) is 1. The van der Waals surface area contributed by atoms with Gasteiger partial charge in [-0.15, -0.1) is 6.58 Å². The third-order valence-electron chi connectivity index (χ3n) is 4.71. The molecule has 1 aliphatic carbocycles. The highest BCUT2D eigenvalue weighted by Crippen LogP contribution is 2.40. The minimum absolute atomic E-state index is 0.0323. The molecule has 1 nitrogen and oxygen atoms in total. The van der Waals surface area contributed by atoms with Gasteiger partial charge in [0.05, 0.1) is 0 Å². The van der Waals surface area contributed by atoms with Crippen LogP contribution >= 0.6 is 0 Å². The first-order chi connectivity index (χ1) is 10.1. The van der Waals surface area contributed by atoms with E-state index in [0.29, 0.717) is 17.4 Å². The van der Waals surface area contributed by atoms with Crippen molar-refractivity contribution in [3.63, 3.8) is 0 Å². The van der Waals surface area contributed by atoms with E-state index >= 15 is 0 Å². The van der Waals surface area contributed by atoms with Crippen LogP contribution in [0, 0.1) is 23.5 Å². The van der Waals surface area contributed by atoms with Gasteiger partial charge in [0.15, 0.2) is 11.6 Å². The van der Waals surface area contributed by atoms with Gasteiger partial charge in [0, 0.05) is 6.21 Å². The van der Waals surface area contributed by atoms with Crippen molar-refractivity contribution in [1.29, 1.82) is 0 Å². The Morgan fingerprint density at radius 2 is 1.86 bits per heavy atom. The summed E-state index contributed by atoms with van der Waals surface area (Å²) in [5.41, 5.74) is 0.547. The van der Waals surface area contributed by atoms with Crippen LogP contribution in [-0.4, -0.2) is 6.21 Å². The molecule has 0 saturated heterocycles. The highest BCUT2D eigenvalue weighted by molar-refractivity contribution is 5.61. The predicted molar refractivity (Wildman–Crippen MR) is 84.2 cm³/mol. The van der Waals surface area contributed by atoms with Crippen LogP contribution in [0.3, 0.4) is 0 Å². The molecule has 0 spiro atoms. The molecule has 2 rings (SSSR count). The number of hydrogen-bond acceptors (Lipinski definition) is 1. The first kappa shape index (κ1) is 15.9. The van der Waals surface area contributed by atoms with Crippen molar-refractivity contribution in [2.45, 2.75) is 45.4 Å². The van der Waals surface area contributed by atoms with Gasteiger partial charge in [-0.2, -0.15) is 0 Å². The highest BCUT2D eigenvalue weighted by atomic mass is 19.2. The van der Waals surface area contributed by atoms with Gasteiger partial charge >= 0.3 is 0 Å². The molecule has 1 unspecified atom stereocenters. The first-order valence-electron chi connectivity index (χ1n) is 7.67. The van der Waals surface area contributed by atoms with Crippen molar-refractivity contribution >= 4 is 11.9 Å². The minimum Gasteiger partial charge on any atom is -0.258 e. The summed E-state index contributed by atoms with van der Waals surface area (Å²) in [7, 11) is 0. The maximum absolute atomic E-state index is 14.3. The van der Waals surface area contributed by atoms with Gasteiger partial charge in [-0.25, -0.2) is 8.78 Å². The number of hydrogen-bond donors (Lipinski definition) is 0. The van der Waals surface area contributed by atoms with Crippen LogP contribution in [0.1, 0.15) is 51.0 Å². The molecule has 1 aromatic rings. The van der Waals surface area contributed by atoms with Crippen molar-refractivity contribution in [3.05, 3.63) is 42.0 Å². The maximum Gasteiger partial charge on any atom is 0.184 e. The van der Waals surface area contributed by atoms with E-state index < -0.39 is 11.6 Å². The molecule has 21 heavy (non-hydrogen) atoms. The van der Waals surface area contributed by atoms with E-state index in [1.807, 2.05) is 13.0 Å². The second-order valence-electron chi connectivity index (χ2n) is 5.89. The third-order valence-corrected chi connectivity index (χ3v) is 4.71. The summed E-state index contributed by atoms with van der Waals surface area (Å²) in [4.78, 5) is 3.85. The summed E-state index contributed by atoms with van der Waals surface area (Å²) >= 11 is 0. The quantitative estimate of drug-likeness (QED) is 0.492. The first-order valence-corrected chi connectivity index (χ1v) is 7.67. The van der Waals surface area contributed by atoms with Gasteiger partial charge in [0.1, 0.15) is 5.69 Å². The molecule has 1 saturated carbocycles. The number of rotatable bonds is 4. The van der Waals surface area contributed by atoms with Gasteiger partial charge in [-0.1, -0.05) is 19.1 Å². The normalized spacial score (nSPS) is 24.2. The second-order valence-corrected chi connectivity index (χ2v) is 5.89. The molecule has 0 aromatic heterocycles. The van der Waals surface area contributed by atoms with E-state index in [4.69, 9.17) is 0 Å². The Morgan fingerprint density at radius 1 is 1.19 bits per heavy atom. The summed E-state index contributed by atoms with van der Waals surface area (Å²) in [6, 6.07) is 3.25. The molecule has 1 aromatic carbocycles. The average Bonchev–Trinajstić information content (AvgIpc) is 2.52. The fraction of sp³-hybridized carbons (Fsp3) is 0.500. The van der Waals surface area contributed by atoms with Gasteiger partial charge in [-0.3, -0.25) is 4.99 Å². The van der Waals surface area contributed by atoms with Gasteiger partial charge in [0.25, 0.3) is 0 Å². The lowest BCUT2D eigenvalue weighted by molar-refractivity contribution is 0.274. The molecule has 0 aliphatic heterocycles. The molecule has 1 atom stereocenters. The standard InChI is InChI=1S/C18H23F2N/c1-4-13-6-8-14(9-7-13)12(3)15-10-11-16(21-5-2)18(20)17(15)19/h4-5,10-14H,1,6-9H2,2-3H3. The van der Waals surface area contributed by atoms with Gasteiger partial charge in [0.2, 0.25) is 0 Å². The van der Waals surface area contributed by atoms with E-state index in [-0.39, 0.29) is 11.6 Å². The monoisotopic (exact) mass is 291 g/mol. The Bertz CT molecular complexity index is 528. The molecule has 3 heteroatoms. The number of halogens is 2. The molecule has 0 radical (unpaired) electrons. The molecular weight excluding hydrogens is 268 g/mol. The maximum atomic E-state index is 14.3. The van der Waals surface area contributed by atoms with Crippen molar-refractivity contribution in [3.8, 4) is 0 Å². The van der Waals surface area contributed by atoms with Crippen LogP contribution in [0.5, 0.6) is 0 Å². The molecule has 0 heterocycles. The molecule has 114 valence electrons. The topological polar surface area (TPSA) is 12.4 Å². The van der Waals surface area contributed by atoms with Crippen LogP contribution in [-0.2, 0) is 0 Å². The summed E-state index contributed by atoms with van der Waals surface area (Å²) in [5.74, 6) is -0.550. The van der Waals surface area contributed by atoms with Crippen LogP contribution in [0.25, 0.3) is 0 Å². The predicted octanol–water partition coefficient (Wildman–Crippen LogP) is 5.78. The summed E-state index contributed by atoms with van der Waals surface area (Å²) < 4.78 is 28.3. The Hall–Kier alpha value is -1.51. The number of benzene rings is 1. The lowest BCUT2D eigenvalue weighted by Gasteiger charge is -2.31. The van der Waals surface area contributed by atoms with Crippen LogP contribution in [0.4, 0.5) is 14.5 Å². The lowest BCUT2D eigenvalue weighted by Crippen LogP contribution is -2.19. The lowest BCUT2D eigenvalue weighted by atomic mass is 9.74. The summed E-state index contributed by atoms with van der Waals surface area (Å²) in [6.07, 6.45) is 7.78. The highest BCUT2D eigenvalue weighted by Gasteiger charge is 2.27. The number of aliphatic imine (C=N–C) groups is 1. The average molecular weight is 291 g/mol. The van der Waals surface area contributed by atoms with Crippen molar-refractivity contribution in [2.24, 2.45) is 16.8 Å². The van der Waals surface area contributed by atoms with Crippen LogP contribution in [0.15, 0.2) is 29.8 Å². The molecule has 0 N–H and O–H groups in total. The molecular formula is C18H23F2N. The van der Waals surface area contributed by atoms with Gasteiger partial charge < -0.3 is 0 Å². The Labute approximate surface area is 125 Å². The zero-order chi connectivity index (χ0) is 15.4. The van der Waals surface area contributed by atoms with Crippen LogP contribution in [0.2, 0.25) is 0 Å². The van der Waals surface area contributed by atoms with E-state index in [1.54, 1.807) is 19.1 Å². The zero-order valence-corrected chi connectivity index (χ0v) is 12.8. The zero-order valence-electron chi connectivity index (χ0n) is 12.8.